The normalized spacial score (nSPS) is 15.0. The van der Waals surface area contributed by atoms with Crippen LogP contribution in [0.1, 0.15) is 0 Å². The first-order chi connectivity index (χ1) is 10.2. The summed E-state index contributed by atoms with van der Waals surface area (Å²) in [5.41, 5.74) is 0. The van der Waals surface area contributed by atoms with Crippen LogP contribution in [0.2, 0.25) is 5.28 Å². The number of halogens is 2. The summed E-state index contributed by atoms with van der Waals surface area (Å²) in [6, 6.07) is 5.97. The molecule has 0 aliphatic carbocycles. The summed E-state index contributed by atoms with van der Waals surface area (Å²) in [5.74, 6) is -0.0701. The molecule has 0 radical (unpaired) electrons. The predicted molar refractivity (Wildman–Crippen MR) is 74.3 cm³/mol. The maximum absolute atomic E-state index is 13.6. The van der Waals surface area contributed by atoms with Gasteiger partial charge in [-0.05, 0) is 23.7 Å². The van der Waals surface area contributed by atoms with Crippen LogP contribution >= 0.6 is 11.6 Å². The van der Waals surface area contributed by atoms with E-state index in [0.29, 0.717) is 32.3 Å². The molecule has 0 saturated carbocycles. The number of morpholine rings is 1. The first kappa shape index (κ1) is 14.0. The Morgan fingerprint density at radius 1 is 1.14 bits per heavy atom. The number of benzene rings is 1. The second kappa shape index (κ2) is 6.19. The maximum Gasteiger partial charge on any atom is 0.328 e. The Bertz CT molecular complexity index is 637. The number of hydrogen-bond acceptors (Lipinski definition) is 6. The van der Waals surface area contributed by atoms with Gasteiger partial charge in [0.1, 0.15) is 0 Å². The van der Waals surface area contributed by atoms with Crippen LogP contribution in [0.25, 0.3) is 0 Å². The molecule has 3 rings (SSSR count). The average Bonchev–Trinajstić information content (AvgIpc) is 2.50. The summed E-state index contributed by atoms with van der Waals surface area (Å²) in [7, 11) is 0. The first-order valence-electron chi connectivity index (χ1n) is 6.39. The molecule has 0 bridgehead atoms. The lowest BCUT2D eigenvalue weighted by molar-refractivity contribution is 0.122. The average molecular weight is 311 g/mol. The van der Waals surface area contributed by atoms with Crippen molar-refractivity contribution in [2.75, 3.05) is 31.2 Å². The van der Waals surface area contributed by atoms with Crippen LogP contribution in [-0.4, -0.2) is 41.3 Å². The zero-order chi connectivity index (χ0) is 14.7. The van der Waals surface area contributed by atoms with Crippen LogP contribution < -0.4 is 9.64 Å². The van der Waals surface area contributed by atoms with E-state index in [9.17, 15) is 4.39 Å². The van der Waals surface area contributed by atoms with Gasteiger partial charge >= 0.3 is 6.01 Å². The van der Waals surface area contributed by atoms with Crippen LogP contribution in [0.3, 0.4) is 0 Å². The van der Waals surface area contributed by atoms with Crippen molar-refractivity contribution in [1.29, 1.82) is 0 Å². The summed E-state index contributed by atoms with van der Waals surface area (Å²) >= 11 is 5.88. The standard InChI is InChI=1S/C13H12ClFN4O2/c14-11-16-12(19-5-7-20-8-6-19)18-13(17-11)21-10-4-2-1-3-9(10)15/h1-4H,5-8H2. The summed E-state index contributed by atoms with van der Waals surface area (Å²) in [6.07, 6.45) is 0. The van der Waals surface area contributed by atoms with Crippen LogP contribution in [0, 0.1) is 5.82 Å². The fourth-order valence-electron chi connectivity index (χ4n) is 1.90. The molecular weight excluding hydrogens is 299 g/mol. The van der Waals surface area contributed by atoms with Gasteiger partial charge in [-0.3, -0.25) is 0 Å². The summed E-state index contributed by atoms with van der Waals surface area (Å²) in [6.45, 7) is 2.48. The molecule has 1 aliphatic heterocycles. The van der Waals surface area contributed by atoms with Gasteiger partial charge in [0, 0.05) is 13.1 Å². The van der Waals surface area contributed by atoms with E-state index in [1.54, 1.807) is 12.1 Å². The molecule has 6 nitrogen and oxygen atoms in total. The Hall–Kier alpha value is -1.99. The molecule has 1 fully saturated rings. The van der Waals surface area contributed by atoms with Gasteiger partial charge in [-0.25, -0.2) is 4.39 Å². The maximum atomic E-state index is 13.6. The SMILES string of the molecule is Fc1ccccc1Oc1nc(Cl)nc(N2CCOCC2)n1. The van der Waals surface area contributed by atoms with Gasteiger partial charge in [0.05, 0.1) is 13.2 Å². The minimum absolute atomic E-state index is 0.00201. The lowest BCUT2D eigenvalue weighted by atomic mass is 10.3. The van der Waals surface area contributed by atoms with E-state index in [4.69, 9.17) is 21.1 Å². The number of anilines is 1. The highest BCUT2D eigenvalue weighted by Crippen LogP contribution is 2.23. The van der Waals surface area contributed by atoms with Crippen LogP contribution in [-0.2, 0) is 4.74 Å². The van der Waals surface area contributed by atoms with E-state index >= 15 is 0 Å². The van der Waals surface area contributed by atoms with Crippen molar-refractivity contribution in [1.82, 2.24) is 15.0 Å². The highest BCUT2D eigenvalue weighted by Gasteiger charge is 2.17. The zero-order valence-corrected chi connectivity index (χ0v) is 11.8. The minimum Gasteiger partial charge on any atom is -0.421 e. The molecular formula is C13H12ClFN4O2. The third-order valence-electron chi connectivity index (χ3n) is 2.91. The van der Waals surface area contributed by atoms with E-state index in [1.165, 1.54) is 12.1 Å². The van der Waals surface area contributed by atoms with E-state index < -0.39 is 5.82 Å². The molecule has 0 amide bonds. The van der Waals surface area contributed by atoms with Crippen molar-refractivity contribution < 1.29 is 13.9 Å². The number of aromatic nitrogens is 3. The Kier molecular flexibility index (Phi) is 4.12. The molecule has 2 heterocycles. The highest BCUT2D eigenvalue weighted by molar-refractivity contribution is 6.28. The fraction of sp³-hybridized carbons (Fsp3) is 0.308. The van der Waals surface area contributed by atoms with Crippen molar-refractivity contribution in [3.05, 3.63) is 35.4 Å². The third-order valence-corrected chi connectivity index (χ3v) is 3.08. The molecule has 0 unspecified atom stereocenters. The van der Waals surface area contributed by atoms with Crippen molar-refractivity contribution in [3.8, 4) is 11.8 Å². The minimum atomic E-state index is -0.498. The predicted octanol–water partition coefficient (Wildman–Crippen LogP) is 2.29. The molecule has 1 aromatic heterocycles. The van der Waals surface area contributed by atoms with Crippen molar-refractivity contribution in [2.24, 2.45) is 0 Å². The molecule has 0 N–H and O–H groups in total. The number of rotatable bonds is 3. The molecule has 1 aliphatic rings. The van der Waals surface area contributed by atoms with E-state index in [-0.39, 0.29) is 17.0 Å². The lowest BCUT2D eigenvalue weighted by Crippen LogP contribution is -2.37. The molecule has 110 valence electrons. The second-order valence-electron chi connectivity index (χ2n) is 4.32. The topological polar surface area (TPSA) is 60.4 Å². The Morgan fingerprint density at radius 2 is 1.90 bits per heavy atom. The summed E-state index contributed by atoms with van der Waals surface area (Å²) < 4.78 is 24.2. The van der Waals surface area contributed by atoms with E-state index in [2.05, 4.69) is 15.0 Å². The van der Waals surface area contributed by atoms with Gasteiger partial charge in [0.2, 0.25) is 11.2 Å². The van der Waals surface area contributed by atoms with Crippen molar-refractivity contribution >= 4 is 17.5 Å². The molecule has 8 heteroatoms. The van der Waals surface area contributed by atoms with Gasteiger partial charge in [0.15, 0.2) is 11.6 Å². The second-order valence-corrected chi connectivity index (χ2v) is 4.66. The van der Waals surface area contributed by atoms with Crippen LogP contribution in [0.4, 0.5) is 10.3 Å². The Morgan fingerprint density at radius 3 is 2.67 bits per heavy atom. The number of hydrogen-bond donors (Lipinski definition) is 0. The number of nitrogens with zero attached hydrogens (tertiary/aromatic N) is 4. The van der Waals surface area contributed by atoms with Gasteiger partial charge in [-0.1, -0.05) is 12.1 Å². The van der Waals surface area contributed by atoms with Crippen molar-refractivity contribution in [2.45, 2.75) is 0 Å². The molecule has 0 spiro atoms. The quantitative estimate of drug-likeness (QED) is 0.867. The summed E-state index contributed by atoms with van der Waals surface area (Å²) in [4.78, 5) is 14.0. The molecule has 21 heavy (non-hydrogen) atoms. The Balaban J connectivity index is 1.85. The third kappa shape index (κ3) is 3.37. The molecule has 2 aromatic rings. The van der Waals surface area contributed by atoms with Gasteiger partial charge in [-0.15, -0.1) is 0 Å². The number of ether oxygens (including phenoxy) is 2. The van der Waals surface area contributed by atoms with Gasteiger partial charge in [0.25, 0.3) is 0 Å². The van der Waals surface area contributed by atoms with Crippen LogP contribution in [0.15, 0.2) is 24.3 Å². The van der Waals surface area contributed by atoms with E-state index in [0.717, 1.165) is 0 Å². The molecule has 1 aromatic carbocycles. The smallest absolute Gasteiger partial charge is 0.328 e. The first-order valence-corrected chi connectivity index (χ1v) is 6.77. The fourth-order valence-corrected chi connectivity index (χ4v) is 2.05. The van der Waals surface area contributed by atoms with E-state index in [1.807, 2.05) is 4.90 Å². The zero-order valence-electron chi connectivity index (χ0n) is 11.0. The summed E-state index contributed by atoms with van der Waals surface area (Å²) in [5, 5.41) is -0.00201. The number of para-hydroxylation sites is 1. The monoisotopic (exact) mass is 310 g/mol. The van der Waals surface area contributed by atoms with Gasteiger partial charge in [-0.2, -0.15) is 15.0 Å². The van der Waals surface area contributed by atoms with Crippen molar-refractivity contribution in [3.63, 3.8) is 0 Å². The van der Waals surface area contributed by atoms with Gasteiger partial charge < -0.3 is 14.4 Å². The molecule has 0 atom stereocenters. The lowest BCUT2D eigenvalue weighted by Gasteiger charge is -2.26. The van der Waals surface area contributed by atoms with Crippen LogP contribution in [0.5, 0.6) is 11.8 Å². The Labute approximate surface area is 125 Å². The molecule has 1 saturated heterocycles. The largest absolute Gasteiger partial charge is 0.421 e. The highest BCUT2D eigenvalue weighted by atomic mass is 35.5.